The van der Waals surface area contributed by atoms with Crippen molar-refractivity contribution in [3.63, 3.8) is 0 Å². The number of anilines is 2. The monoisotopic (exact) mass is 478 g/mol. The number of pyridine rings is 2. The number of allylic oxidation sites excluding steroid dienone is 1. The van der Waals surface area contributed by atoms with Gasteiger partial charge in [0.05, 0.1) is 45.8 Å². The van der Waals surface area contributed by atoms with E-state index < -0.39 is 0 Å². The van der Waals surface area contributed by atoms with E-state index in [1.54, 1.807) is 26.5 Å². The number of benzene rings is 1. The molecule has 9 heteroatoms. The fourth-order valence-corrected chi connectivity index (χ4v) is 4.13. The van der Waals surface area contributed by atoms with E-state index >= 15 is 0 Å². The number of rotatable bonds is 11. The molecule has 184 valence electrons. The van der Waals surface area contributed by atoms with Crippen molar-refractivity contribution >= 4 is 28.2 Å². The van der Waals surface area contributed by atoms with Crippen LogP contribution in [0, 0.1) is 5.92 Å². The Hall–Kier alpha value is -3.69. The zero-order chi connectivity index (χ0) is 24.8. The maximum atomic E-state index is 11.8. The summed E-state index contributed by atoms with van der Waals surface area (Å²) in [5.74, 6) is 2.65. The Morgan fingerprint density at radius 2 is 1.97 bits per heavy atom. The third-order valence-electron chi connectivity index (χ3n) is 5.99. The highest BCUT2D eigenvalue weighted by molar-refractivity contribution is 5.95. The number of fused-ring (bicyclic) bond motifs is 1. The molecule has 0 radical (unpaired) electrons. The molecule has 2 atom stereocenters. The van der Waals surface area contributed by atoms with Gasteiger partial charge >= 0.3 is 0 Å². The molecular formula is C26H30N4O5. The number of carbonyl (C=O) groups is 1. The number of aliphatic hydroxyl groups is 1. The maximum Gasteiger partial charge on any atom is 0.155 e. The number of ketones is 1. The Labute approximate surface area is 204 Å². The van der Waals surface area contributed by atoms with Gasteiger partial charge in [-0.2, -0.15) is 0 Å². The van der Waals surface area contributed by atoms with Gasteiger partial charge in [-0.25, -0.2) is 9.97 Å². The number of carbonyl (C=O) groups excluding carboxylic acids is 1. The molecule has 9 nitrogen and oxygen atoms in total. The van der Waals surface area contributed by atoms with Crippen molar-refractivity contribution in [2.45, 2.75) is 12.5 Å². The molecule has 0 spiro atoms. The largest absolute Gasteiger partial charge is 0.497 e. The molecule has 0 amide bonds. The summed E-state index contributed by atoms with van der Waals surface area (Å²) >= 11 is 0. The van der Waals surface area contributed by atoms with E-state index in [2.05, 4.69) is 22.2 Å². The van der Waals surface area contributed by atoms with Crippen molar-refractivity contribution in [3.8, 4) is 22.8 Å². The van der Waals surface area contributed by atoms with E-state index in [-0.39, 0.29) is 24.3 Å². The van der Waals surface area contributed by atoms with Crippen molar-refractivity contribution in [2.75, 3.05) is 51.2 Å². The summed E-state index contributed by atoms with van der Waals surface area (Å²) in [5, 5.41) is 17.7. The predicted molar refractivity (Wildman–Crippen MR) is 135 cm³/mol. The van der Waals surface area contributed by atoms with Gasteiger partial charge in [0, 0.05) is 47.5 Å². The fourth-order valence-electron chi connectivity index (χ4n) is 4.13. The van der Waals surface area contributed by atoms with Gasteiger partial charge in [0.25, 0.3) is 0 Å². The molecule has 1 aliphatic heterocycles. The third kappa shape index (κ3) is 5.70. The first-order valence-electron chi connectivity index (χ1n) is 11.4. The number of ether oxygens (including phenoxy) is 3. The zero-order valence-corrected chi connectivity index (χ0v) is 19.9. The van der Waals surface area contributed by atoms with E-state index in [1.807, 2.05) is 24.3 Å². The molecule has 0 unspecified atom stereocenters. The van der Waals surface area contributed by atoms with Gasteiger partial charge in [-0.1, -0.05) is 6.58 Å². The highest BCUT2D eigenvalue weighted by Crippen LogP contribution is 2.33. The fraction of sp³-hybridized carbons (Fsp3) is 0.346. The lowest BCUT2D eigenvalue weighted by atomic mass is 9.97. The van der Waals surface area contributed by atoms with Crippen LogP contribution in [-0.4, -0.2) is 67.5 Å². The number of aliphatic hydroxyl groups excluding tert-OH is 1. The van der Waals surface area contributed by atoms with Crippen molar-refractivity contribution < 1.29 is 24.1 Å². The van der Waals surface area contributed by atoms with Gasteiger partial charge in [0.1, 0.15) is 23.1 Å². The molecule has 0 saturated carbocycles. The molecule has 2 aromatic heterocycles. The second-order valence-corrected chi connectivity index (χ2v) is 8.32. The molecule has 0 bridgehead atoms. The van der Waals surface area contributed by atoms with E-state index in [0.717, 1.165) is 16.3 Å². The number of nitrogens with zero attached hydrogens (tertiary/aromatic N) is 2. The molecule has 4 rings (SSSR count). The Kier molecular flexibility index (Phi) is 7.79. The summed E-state index contributed by atoms with van der Waals surface area (Å²) < 4.78 is 16.4. The lowest BCUT2D eigenvalue weighted by Gasteiger charge is -2.19. The number of hydrogen-bond donors (Lipinski definition) is 3. The number of methoxy groups -OCH3 is 2. The van der Waals surface area contributed by atoms with Crippen LogP contribution in [0.4, 0.5) is 11.6 Å². The Morgan fingerprint density at radius 3 is 2.66 bits per heavy atom. The van der Waals surface area contributed by atoms with E-state index in [1.165, 1.54) is 6.08 Å². The van der Waals surface area contributed by atoms with Gasteiger partial charge in [0.15, 0.2) is 5.78 Å². The molecule has 35 heavy (non-hydrogen) atoms. The van der Waals surface area contributed by atoms with Crippen LogP contribution in [0.15, 0.2) is 49.2 Å². The summed E-state index contributed by atoms with van der Waals surface area (Å²) in [6.45, 7) is 4.89. The van der Waals surface area contributed by atoms with Crippen LogP contribution in [0.2, 0.25) is 0 Å². The first-order chi connectivity index (χ1) is 17.0. The second kappa shape index (κ2) is 11.2. The topological polar surface area (TPSA) is 115 Å². The molecule has 3 aromatic rings. The smallest absolute Gasteiger partial charge is 0.155 e. The average molecular weight is 479 g/mol. The standard InChI is InChI=1S/C26H30N4O5/c1-4-19(32)7-18-14-35-15-24(18)29-25-12-22-17(13-28-25)10-23(30-26(22)27-5-6-31)16-8-20(33-2)11-21(9-16)34-3/h4,8-13,18,24,31H,1,5-7,14-15H2,2-3H3,(H,27,30)(H,28,29)/t18-,24+/m0/s1. The lowest BCUT2D eigenvalue weighted by Crippen LogP contribution is -2.29. The lowest BCUT2D eigenvalue weighted by molar-refractivity contribution is -0.115. The maximum absolute atomic E-state index is 11.8. The zero-order valence-electron chi connectivity index (χ0n) is 19.9. The summed E-state index contributed by atoms with van der Waals surface area (Å²) in [6, 6.07) is 9.42. The van der Waals surface area contributed by atoms with Crippen LogP contribution < -0.4 is 20.1 Å². The van der Waals surface area contributed by atoms with Crippen molar-refractivity contribution in [1.29, 1.82) is 0 Å². The summed E-state index contributed by atoms with van der Waals surface area (Å²) in [5.41, 5.74) is 1.54. The van der Waals surface area contributed by atoms with Crippen LogP contribution in [0.25, 0.3) is 22.0 Å². The van der Waals surface area contributed by atoms with Crippen molar-refractivity contribution in [2.24, 2.45) is 5.92 Å². The van der Waals surface area contributed by atoms with Crippen LogP contribution in [-0.2, 0) is 9.53 Å². The summed E-state index contributed by atoms with van der Waals surface area (Å²) in [7, 11) is 3.21. The van der Waals surface area contributed by atoms with Crippen LogP contribution in [0.3, 0.4) is 0 Å². The summed E-state index contributed by atoms with van der Waals surface area (Å²) in [4.78, 5) is 21.3. The minimum absolute atomic E-state index is 0.000151. The molecule has 1 aromatic carbocycles. The third-order valence-corrected chi connectivity index (χ3v) is 5.99. The molecule has 1 fully saturated rings. The van der Waals surface area contributed by atoms with Gasteiger partial charge < -0.3 is 30.0 Å². The molecule has 3 N–H and O–H groups in total. The second-order valence-electron chi connectivity index (χ2n) is 8.32. The Bertz CT molecular complexity index is 1190. The first kappa shape index (κ1) is 24.4. The van der Waals surface area contributed by atoms with Gasteiger partial charge in [0.2, 0.25) is 0 Å². The van der Waals surface area contributed by atoms with Gasteiger partial charge in [-0.15, -0.1) is 0 Å². The van der Waals surface area contributed by atoms with Gasteiger partial charge in [-0.05, 0) is 30.3 Å². The van der Waals surface area contributed by atoms with E-state index in [4.69, 9.17) is 19.2 Å². The number of hydrogen-bond acceptors (Lipinski definition) is 9. The highest BCUT2D eigenvalue weighted by Gasteiger charge is 2.29. The number of aromatic nitrogens is 2. The quantitative estimate of drug-likeness (QED) is 0.357. The molecule has 1 saturated heterocycles. The van der Waals surface area contributed by atoms with Crippen LogP contribution in [0.5, 0.6) is 11.5 Å². The average Bonchev–Trinajstić information content (AvgIpc) is 3.32. The molecule has 1 aliphatic rings. The minimum atomic E-state index is -0.0332. The van der Waals surface area contributed by atoms with Crippen molar-refractivity contribution in [3.05, 3.63) is 49.2 Å². The van der Waals surface area contributed by atoms with Crippen molar-refractivity contribution in [1.82, 2.24) is 9.97 Å². The molecule has 3 heterocycles. The molecular weight excluding hydrogens is 448 g/mol. The minimum Gasteiger partial charge on any atom is -0.497 e. The highest BCUT2D eigenvalue weighted by atomic mass is 16.5. The first-order valence-corrected chi connectivity index (χ1v) is 11.4. The predicted octanol–water partition coefficient (Wildman–Crippen LogP) is 3.29. The Morgan fingerprint density at radius 1 is 1.20 bits per heavy atom. The summed E-state index contributed by atoms with van der Waals surface area (Å²) in [6.07, 6.45) is 3.51. The van der Waals surface area contributed by atoms with E-state index in [9.17, 15) is 9.90 Å². The van der Waals surface area contributed by atoms with Crippen LogP contribution >= 0.6 is 0 Å². The molecule has 0 aliphatic carbocycles. The normalized spacial score (nSPS) is 17.2. The Balaban J connectivity index is 1.68. The SMILES string of the molecule is C=CC(=O)C[C@H]1COC[C@H]1Nc1cc2c(NCCO)nc(-c3cc(OC)cc(OC)c3)cc2cn1. The van der Waals surface area contributed by atoms with Gasteiger partial charge in [-0.3, -0.25) is 4.79 Å². The number of nitrogens with one attached hydrogen (secondary N) is 2. The van der Waals surface area contributed by atoms with E-state index in [0.29, 0.717) is 55.0 Å². The van der Waals surface area contributed by atoms with Crippen LogP contribution in [0.1, 0.15) is 6.42 Å².